The van der Waals surface area contributed by atoms with Crippen LogP contribution in [-0.2, 0) is 0 Å². The lowest BCUT2D eigenvalue weighted by Gasteiger charge is -2.22. The first-order chi connectivity index (χ1) is 16.9. The van der Waals surface area contributed by atoms with Gasteiger partial charge in [-0.3, -0.25) is 0 Å². The summed E-state index contributed by atoms with van der Waals surface area (Å²) < 4.78 is 0. The zero-order chi connectivity index (χ0) is 28.1. The highest BCUT2D eigenvalue weighted by atomic mass is 15.0. The summed E-state index contributed by atoms with van der Waals surface area (Å²) in [5.41, 5.74) is 5.72. The van der Waals surface area contributed by atoms with Gasteiger partial charge in [0.25, 0.3) is 0 Å². The fourth-order valence-electron chi connectivity index (χ4n) is 4.14. The monoisotopic (exact) mass is 496 g/mol. The van der Waals surface area contributed by atoms with Gasteiger partial charge in [0, 0.05) is 5.70 Å². The van der Waals surface area contributed by atoms with Crippen molar-refractivity contribution < 1.29 is 0 Å². The van der Waals surface area contributed by atoms with Gasteiger partial charge < -0.3 is 5.32 Å². The van der Waals surface area contributed by atoms with Gasteiger partial charge in [-0.2, -0.15) is 0 Å². The van der Waals surface area contributed by atoms with E-state index in [2.05, 4.69) is 91.8 Å². The highest BCUT2D eigenvalue weighted by Gasteiger charge is 2.13. The summed E-state index contributed by atoms with van der Waals surface area (Å²) in [4.78, 5) is 4.62. The van der Waals surface area contributed by atoms with Crippen LogP contribution in [0.5, 0.6) is 0 Å². The van der Waals surface area contributed by atoms with Gasteiger partial charge in [0.05, 0.1) is 5.69 Å². The van der Waals surface area contributed by atoms with Crippen LogP contribution in [-0.4, -0.2) is 4.98 Å². The van der Waals surface area contributed by atoms with E-state index in [1.807, 2.05) is 38.1 Å². The fourth-order valence-corrected chi connectivity index (χ4v) is 4.14. The Morgan fingerprint density at radius 1 is 0.944 bits per heavy atom. The van der Waals surface area contributed by atoms with Crippen LogP contribution in [0.25, 0.3) is 5.57 Å². The fraction of sp³-hybridized carbons (Fsp3) is 0.618. The van der Waals surface area contributed by atoms with Gasteiger partial charge in [-0.05, 0) is 69.1 Å². The number of pyridine rings is 1. The molecule has 2 nitrogen and oxygen atoms in total. The molecule has 0 fully saturated rings. The highest BCUT2D eigenvalue weighted by Crippen LogP contribution is 2.27. The Bertz CT molecular complexity index is 777. The maximum Gasteiger partial charge on any atom is 0.133 e. The van der Waals surface area contributed by atoms with Crippen LogP contribution in [0.2, 0.25) is 0 Å². The van der Waals surface area contributed by atoms with Crippen molar-refractivity contribution in [1.82, 2.24) is 4.98 Å². The molecule has 1 heterocycles. The molecule has 36 heavy (non-hydrogen) atoms. The molecule has 0 aliphatic rings. The predicted octanol–water partition coefficient (Wildman–Crippen LogP) is 11.7. The first-order valence-electron chi connectivity index (χ1n) is 14.2. The van der Waals surface area contributed by atoms with E-state index in [4.69, 9.17) is 0 Å². The molecule has 0 radical (unpaired) electrons. The molecule has 0 saturated carbocycles. The normalized spacial score (nSPS) is 11.1. The van der Waals surface area contributed by atoms with Crippen LogP contribution in [0.1, 0.15) is 132 Å². The molecule has 1 aromatic rings. The molecule has 0 saturated heterocycles. The van der Waals surface area contributed by atoms with Gasteiger partial charge in [-0.25, -0.2) is 4.98 Å². The molecule has 0 aliphatic carbocycles. The van der Waals surface area contributed by atoms with Crippen LogP contribution >= 0.6 is 0 Å². The van der Waals surface area contributed by atoms with E-state index in [-0.39, 0.29) is 0 Å². The largest absolute Gasteiger partial charge is 0.344 e. The Hall–Kier alpha value is -2.09. The van der Waals surface area contributed by atoms with Crippen LogP contribution < -0.4 is 5.32 Å². The molecule has 0 atom stereocenters. The van der Waals surface area contributed by atoms with E-state index >= 15 is 0 Å². The van der Waals surface area contributed by atoms with E-state index in [9.17, 15) is 0 Å². The van der Waals surface area contributed by atoms with Crippen molar-refractivity contribution in [2.45, 2.75) is 128 Å². The van der Waals surface area contributed by atoms with Crippen molar-refractivity contribution in [2.24, 2.45) is 11.3 Å². The third kappa shape index (κ3) is 19.1. The van der Waals surface area contributed by atoms with Crippen LogP contribution in [0.15, 0.2) is 54.8 Å². The maximum absolute atomic E-state index is 4.62. The third-order valence-electron chi connectivity index (χ3n) is 5.96. The van der Waals surface area contributed by atoms with Crippen molar-refractivity contribution in [2.75, 3.05) is 5.32 Å². The number of nitrogens with zero attached hydrogens (tertiary/aromatic N) is 1. The molecule has 2 heteroatoms. The number of aryl methyl sites for hydroxylation is 1. The molecule has 0 spiro atoms. The van der Waals surface area contributed by atoms with Gasteiger partial charge in [0.2, 0.25) is 0 Å². The summed E-state index contributed by atoms with van der Waals surface area (Å²) in [6.45, 7) is 31.9. The summed E-state index contributed by atoms with van der Waals surface area (Å²) in [5.74, 6) is 1.81. The zero-order valence-corrected chi connectivity index (χ0v) is 26.0. The Kier molecular flexibility index (Phi) is 21.1. The van der Waals surface area contributed by atoms with Gasteiger partial charge >= 0.3 is 0 Å². The minimum atomic E-state index is 0.601. The average molecular weight is 497 g/mol. The molecular weight excluding hydrogens is 436 g/mol. The third-order valence-corrected chi connectivity index (χ3v) is 5.96. The topological polar surface area (TPSA) is 24.9 Å². The lowest BCUT2D eigenvalue weighted by Crippen LogP contribution is -2.09. The van der Waals surface area contributed by atoms with Crippen LogP contribution in [0, 0.1) is 18.3 Å². The second-order valence-corrected chi connectivity index (χ2v) is 11.2. The molecule has 0 aliphatic heterocycles. The molecule has 1 rings (SSSR count). The van der Waals surface area contributed by atoms with Crippen LogP contribution in [0.3, 0.4) is 0 Å². The van der Waals surface area contributed by atoms with E-state index < -0.39 is 0 Å². The number of hydrogen-bond acceptors (Lipinski definition) is 2. The molecule has 0 amide bonds. The Morgan fingerprint density at radius 2 is 1.47 bits per heavy atom. The van der Waals surface area contributed by atoms with E-state index in [0.29, 0.717) is 5.41 Å². The molecular formula is C34H60N2. The van der Waals surface area contributed by atoms with Gasteiger partial charge in [0.15, 0.2) is 0 Å². The summed E-state index contributed by atoms with van der Waals surface area (Å²) in [7, 11) is 0. The minimum absolute atomic E-state index is 0.601. The van der Waals surface area contributed by atoms with Crippen molar-refractivity contribution >= 4 is 11.4 Å². The Balaban J connectivity index is 0. The lowest BCUT2D eigenvalue weighted by atomic mass is 9.84. The average Bonchev–Trinajstić information content (AvgIpc) is 2.77. The molecule has 1 aromatic heterocycles. The second-order valence-electron chi connectivity index (χ2n) is 11.2. The highest BCUT2D eigenvalue weighted by molar-refractivity contribution is 5.73. The molecule has 206 valence electrons. The molecule has 0 aromatic carbocycles. The van der Waals surface area contributed by atoms with Gasteiger partial charge in [0.1, 0.15) is 5.82 Å². The lowest BCUT2D eigenvalue weighted by molar-refractivity contribution is 0.301. The molecule has 0 bridgehead atoms. The van der Waals surface area contributed by atoms with Gasteiger partial charge in [-0.1, -0.05) is 130 Å². The van der Waals surface area contributed by atoms with Gasteiger partial charge in [-0.15, -0.1) is 0 Å². The maximum atomic E-state index is 4.62. The van der Waals surface area contributed by atoms with E-state index in [1.165, 1.54) is 56.9 Å². The van der Waals surface area contributed by atoms with Crippen molar-refractivity contribution in [1.29, 1.82) is 0 Å². The molecule has 1 N–H and O–H groups in total. The Labute approximate surface area is 226 Å². The number of rotatable bonds is 13. The standard InChI is InChI=1S/C17H22N2.C9H20.C8H18/c1-7-15(10-8-12(2)3)16-11-9-14(6)17(19-16)18-13(4)5;1-5-7-9(3,4)8-6-2;1-4-6-8(3)7-5-2/h7-11H,1,4H2,2-3,5-6H3,(H,18,19);5-8H2,1-4H3;8H,4-7H2,1-3H3/b15-10+;;. The van der Waals surface area contributed by atoms with Crippen molar-refractivity contribution in [3.8, 4) is 0 Å². The van der Waals surface area contributed by atoms with Crippen molar-refractivity contribution in [3.05, 3.63) is 66.0 Å². The number of anilines is 1. The summed E-state index contributed by atoms with van der Waals surface area (Å²) in [6, 6.07) is 4.05. The number of nitrogens with one attached hydrogen (secondary N) is 1. The quantitative estimate of drug-likeness (QED) is 0.275. The number of allylic oxidation sites excluding steroid dienone is 6. The summed E-state index contributed by atoms with van der Waals surface area (Å²) in [6.07, 6.45) is 16.8. The SMILES string of the molecule is C=C/C(=C\C=C(C)C)c1ccc(C)c(NC(=C)C)n1.CCCC(C)(C)CCC.CCCC(C)CCC. The van der Waals surface area contributed by atoms with E-state index in [0.717, 1.165) is 34.3 Å². The van der Waals surface area contributed by atoms with Crippen molar-refractivity contribution in [3.63, 3.8) is 0 Å². The Morgan fingerprint density at radius 3 is 1.86 bits per heavy atom. The van der Waals surface area contributed by atoms with Crippen LogP contribution in [0.4, 0.5) is 5.82 Å². The minimum Gasteiger partial charge on any atom is -0.344 e. The first-order valence-corrected chi connectivity index (χ1v) is 14.2. The number of hydrogen-bond donors (Lipinski definition) is 1. The first kappa shape index (κ1) is 36.1. The summed E-state index contributed by atoms with van der Waals surface area (Å²) in [5, 5.41) is 3.17. The molecule has 0 unspecified atom stereocenters. The zero-order valence-electron chi connectivity index (χ0n) is 26.0. The predicted molar refractivity (Wildman–Crippen MR) is 168 cm³/mol. The van der Waals surface area contributed by atoms with E-state index in [1.54, 1.807) is 0 Å². The smallest absolute Gasteiger partial charge is 0.133 e. The summed E-state index contributed by atoms with van der Waals surface area (Å²) >= 11 is 0. The second kappa shape index (κ2) is 21.0. The number of aromatic nitrogens is 1.